The van der Waals surface area contributed by atoms with Crippen molar-refractivity contribution in [1.29, 1.82) is 0 Å². The van der Waals surface area contributed by atoms with Crippen molar-refractivity contribution in [1.82, 2.24) is 10.2 Å². The summed E-state index contributed by atoms with van der Waals surface area (Å²) in [5, 5.41) is 11.8. The maximum atomic E-state index is 12.0. The molecule has 1 aliphatic rings. The van der Waals surface area contributed by atoms with Crippen molar-refractivity contribution in [2.45, 2.75) is 19.3 Å². The smallest absolute Gasteiger partial charge is 0.307 e. The second-order valence-electron chi connectivity index (χ2n) is 6.07. The van der Waals surface area contributed by atoms with E-state index in [0.717, 1.165) is 5.56 Å². The van der Waals surface area contributed by atoms with Crippen molar-refractivity contribution in [3.63, 3.8) is 0 Å². The van der Waals surface area contributed by atoms with Gasteiger partial charge in [-0.05, 0) is 37.0 Å². The van der Waals surface area contributed by atoms with E-state index < -0.39 is 17.8 Å². The van der Waals surface area contributed by atoms with E-state index in [9.17, 15) is 14.4 Å². The van der Waals surface area contributed by atoms with Gasteiger partial charge in [-0.15, -0.1) is 0 Å². The van der Waals surface area contributed by atoms with Crippen molar-refractivity contribution in [2.75, 3.05) is 20.6 Å². The van der Waals surface area contributed by atoms with Crippen LogP contribution in [-0.2, 0) is 16.0 Å². The summed E-state index contributed by atoms with van der Waals surface area (Å²) < 4.78 is 0. The third-order valence-electron chi connectivity index (χ3n) is 4.22. The van der Waals surface area contributed by atoms with E-state index in [1.165, 1.54) is 4.90 Å². The molecule has 0 saturated heterocycles. The Bertz CT molecular complexity index is 612. The van der Waals surface area contributed by atoms with Gasteiger partial charge >= 0.3 is 5.97 Å². The van der Waals surface area contributed by atoms with Gasteiger partial charge in [0, 0.05) is 26.2 Å². The molecule has 1 fully saturated rings. The van der Waals surface area contributed by atoms with Crippen LogP contribution < -0.4 is 5.32 Å². The maximum absolute atomic E-state index is 12.0. The van der Waals surface area contributed by atoms with E-state index in [-0.39, 0.29) is 11.8 Å². The van der Waals surface area contributed by atoms with E-state index in [1.54, 1.807) is 20.2 Å². The number of carboxylic acids is 1. The van der Waals surface area contributed by atoms with Gasteiger partial charge in [-0.25, -0.2) is 0 Å². The summed E-state index contributed by atoms with van der Waals surface area (Å²) in [4.78, 5) is 36.3. The summed E-state index contributed by atoms with van der Waals surface area (Å²) >= 11 is 0. The quantitative estimate of drug-likeness (QED) is 0.824. The summed E-state index contributed by atoms with van der Waals surface area (Å²) in [5.41, 5.74) is 1.57. The van der Waals surface area contributed by atoms with E-state index in [2.05, 4.69) is 5.32 Å². The molecule has 124 valence electrons. The molecule has 0 aromatic heterocycles. The van der Waals surface area contributed by atoms with Gasteiger partial charge in [0.05, 0.1) is 11.8 Å². The highest BCUT2D eigenvalue weighted by atomic mass is 16.4. The fraction of sp³-hybridized carbons (Fsp3) is 0.471. The molecular formula is C17H22N2O4. The van der Waals surface area contributed by atoms with Gasteiger partial charge in [0.2, 0.25) is 5.91 Å². The summed E-state index contributed by atoms with van der Waals surface area (Å²) in [5.74, 6) is -2.10. The Hall–Kier alpha value is -2.37. The monoisotopic (exact) mass is 318 g/mol. The standard InChI is InChI=1S/C17H22N2O4/c1-19(2)16(21)12-5-3-4-11(10-12)8-9-18-15(20)13-6-7-14(13)17(22)23/h3-5,10,13-14H,6-9H2,1-2H3,(H,18,20)(H,22,23). The second kappa shape index (κ2) is 7.26. The van der Waals surface area contributed by atoms with Crippen LogP contribution in [0.2, 0.25) is 0 Å². The number of carbonyl (C=O) groups is 3. The third kappa shape index (κ3) is 4.09. The lowest BCUT2D eigenvalue weighted by Gasteiger charge is -2.31. The van der Waals surface area contributed by atoms with Crippen LogP contribution in [0, 0.1) is 11.8 Å². The minimum Gasteiger partial charge on any atom is -0.481 e. The van der Waals surface area contributed by atoms with Gasteiger partial charge in [-0.1, -0.05) is 12.1 Å². The summed E-state index contributed by atoms with van der Waals surface area (Å²) in [6, 6.07) is 7.30. The highest BCUT2D eigenvalue weighted by Gasteiger charge is 2.41. The fourth-order valence-corrected chi connectivity index (χ4v) is 2.69. The van der Waals surface area contributed by atoms with Crippen LogP contribution in [-0.4, -0.2) is 48.4 Å². The van der Waals surface area contributed by atoms with Crippen molar-refractivity contribution in [3.8, 4) is 0 Å². The number of hydrogen-bond acceptors (Lipinski definition) is 3. The maximum Gasteiger partial charge on any atom is 0.307 e. The molecule has 2 atom stereocenters. The Kier molecular flexibility index (Phi) is 5.36. The molecule has 0 aliphatic heterocycles. The van der Waals surface area contributed by atoms with Crippen molar-refractivity contribution in [2.24, 2.45) is 11.8 Å². The Morgan fingerprint density at radius 1 is 1.22 bits per heavy atom. The zero-order chi connectivity index (χ0) is 17.0. The zero-order valence-corrected chi connectivity index (χ0v) is 13.4. The molecule has 6 heteroatoms. The lowest BCUT2D eigenvalue weighted by Crippen LogP contribution is -2.44. The molecule has 2 amide bonds. The molecule has 6 nitrogen and oxygen atoms in total. The van der Waals surface area contributed by atoms with Crippen molar-refractivity contribution >= 4 is 17.8 Å². The molecular weight excluding hydrogens is 296 g/mol. The van der Waals surface area contributed by atoms with Crippen molar-refractivity contribution < 1.29 is 19.5 Å². The predicted octanol–water partition coefficient (Wildman–Crippen LogP) is 1.16. The number of nitrogens with zero attached hydrogens (tertiary/aromatic N) is 1. The number of aliphatic carboxylic acids is 1. The lowest BCUT2D eigenvalue weighted by molar-refractivity contribution is -0.152. The number of carbonyl (C=O) groups excluding carboxylic acids is 2. The minimum absolute atomic E-state index is 0.0605. The van der Waals surface area contributed by atoms with Gasteiger partial charge in [-0.3, -0.25) is 14.4 Å². The average Bonchev–Trinajstić information content (AvgIpc) is 2.44. The number of rotatable bonds is 6. The van der Waals surface area contributed by atoms with Crippen LogP contribution in [0.15, 0.2) is 24.3 Å². The molecule has 1 aromatic carbocycles. The molecule has 1 saturated carbocycles. The molecule has 0 radical (unpaired) electrons. The zero-order valence-electron chi connectivity index (χ0n) is 13.4. The third-order valence-corrected chi connectivity index (χ3v) is 4.22. The van der Waals surface area contributed by atoms with E-state index in [1.807, 2.05) is 18.2 Å². The topological polar surface area (TPSA) is 86.7 Å². The Morgan fingerprint density at radius 3 is 2.48 bits per heavy atom. The van der Waals surface area contributed by atoms with Gasteiger partial charge in [-0.2, -0.15) is 0 Å². The first-order valence-electron chi connectivity index (χ1n) is 7.71. The molecule has 0 spiro atoms. The first-order valence-corrected chi connectivity index (χ1v) is 7.71. The van der Waals surface area contributed by atoms with E-state index in [0.29, 0.717) is 31.4 Å². The predicted molar refractivity (Wildman–Crippen MR) is 85.0 cm³/mol. The Morgan fingerprint density at radius 2 is 1.91 bits per heavy atom. The van der Waals surface area contributed by atoms with E-state index in [4.69, 9.17) is 5.11 Å². The van der Waals surface area contributed by atoms with Crippen LogP contribution in [0.5, 0.6) is 0 Å². The molecule has 0 bridgehead atoms. The first-order chi connectivity index (χ1) is 10.9. The number of carboxylic acid groups (broad SMARTS) is 1. The highest BCUT2D eigenvalue weighted by molar-refractivity contribution is 5.94. The molecule has 2 rings (SSSR count). The first kappa shape index (κ1) is 17.0. The van der Waals surface area contributed by atoms with Crippen LogP contribution in [0.3, 0.4) is 0 Å². The van der Waals surface area contributed by atoms with Crippen LogP contribution in [0.1, 0.15) is 28.8 Å². The van der Waals surface area contributed by atoms with Gasteiger partial charge < -0.3 is 15.3 Å². The van der Waals surface area contributed by atoms with Gasteiger partial charge in [0.25, 0.3) is 5.91 Å². The summed E-state index contributed by atoms with van der Waals surface area (Å²) in [6.45, 7) is 0.432. The van der Waals surface area contributed by atoms with Gasteiger partial charge in [0.1, 0.15) is 0 Å². The SMILES string of the molecule is CN(C)C(=O)c1cccc(CCNC(=O)C2CCC2C(=O)O)c1. The van der Waals surface area contributed by atoms with Crippen LogP contribution >= 0.6 is 0 Å². The number of amides is 2. The number of nitrogens with one attached hydrogen (secondary N) is 1. The van der Waals surface area contributed by atoms with E-state index >= 15 is 0 Å². The summed E-state index contributed by atoms with van der Waals surface area (Å²) in [7, 11) is 3.40. The van der Waals surface area contributed by atoms with Gasteiger partial charge in [0.15, 0.2) is 0 Å². The highest BCUT2D eigenvalue weighted by Crippen LogP contribution is 2.34. The van der Waals surface area contributed by atoms with Crippen LogP contribution in [0.25, 0.3) is 0 Å². The lowest BCUT2D eigenvalue weighted by atomic mass is 9.73. The molecule has 2 N–H and O–H groups in total. The average molecular weight is 318 g/mol. The van der Waals surface area contributed by atoms with Crippen LogP contribution in [0.4, 0.5) is 0 Å². The molecule has 0 heterocycles. The molecule has 1 aliphatic carbocycles. The molecule has 23 heavy (non-hydrogen) atoms. The van der Waals surface area contributed by atoms with Crippen molar-refractivity contribution in [3.05, 3.63) is 35.4 Å². The number of hydrogen-bond donors (Lipinski definition) is 2. The normalized spacial score (nSPS) is 19.6. The molecule has 2 unspecified atom stereocenters. The Labute approximate surface area is 135 Å². The molecule has 1 aromatic rings. The fourth-order valence-electron chi connectivity index (χ4n) is 2.69. The second-order valence-corrected chi connectivity index (χ2v) is 6.07. The minimum atomic E-state index is -0.897. The summed E-state index contributed by atoms with van der Waals surface area (Å²) in [6.07, 6.45) is 1.81. The number of benzene rings is 1. The Balaban J connectivity index is 1.85. The largest absolute Gasteiger partial charge is 0.481 e.